The Morgan fingerprint density at radius 1 is 1.45 bits per heavy atom. The van der Waals surface area contributed by atoms with Crippen molar-refractivity contribution in [2.45, 2.75) is 37.2 Å². The standard InChI is InChI=1S/C12H18N2O6/c15-5-1-3-12(6-8(17)9(7-16)20-12)14-4-2-10(18)13-11(14)19/h2,4,8-9,15-17H,1,3,5-7H2,(H,13,18,19)/t8-,9+,12+/m0/s1. The molecule has 0 aliphatic carbocycles. The van der Waals surface area contributed by atoms with E-state index in [2.05, 4.69) is 4.98 Å². The molecule has 20 heavy (non-hydrogen) atoms. The molecule has 1 aliphatic heterocycles. The summed E-state index contributed by atoms with van der Waals surface area (Å²) in [4.78, 5) is 25.2. The molecule has 2 rings (SSSR count). The number of aromatic amines is 1. The van der Waals surface area contributed by atoms with Gasteiger partial charge in [-0.05, 0) is 12.8 Å². The third-order valence-corrected chi connectivity index (χ3v) is 3.50. The van der Waals surface area contributed by atoms with Crippen LogP contribution in [-0.2, 0) is 10.5 Å². The van der Waals surface area contributed by atoms with Gasteiger partial charge < -0.3 is 20.1 Å². The smallest absolute Gasteiger partial charge is 0.330 e. The molecule has 1 saturated heterocycles. The molecule has 0 spiro atoms. The van der Waals surface area contributed by atoms with Crippen molar-refractivity contribution >= 4 is 0 Å². The van der Waals surface area contributed by atoms with Gasteiger partial charge in [-0.3, -0.25) is 14.3 Å². The molecule has 1 aromatic rings. The van der Waals surface area contributed by atoms with Crippen LogP contribution in [0.25, 0.3) is 0 Å². The Hall–Kier alpha value is -1.48. The van der Waals surface area contributed by atoms with Crippen molar-refractivity contribution in [3.05, 3.63) is 33.1 Å². The molecule has 0 amide bonds. The Labute approximate surface area is 114 Å². The molecule has 0 radical (unpaired) electrons. The number of rotatable bonds is 5. The summed E-state index contributed by atoms with van der Waals surface area (Å²) >= 11 is 0. The third kappa shape index (κ3) is 2.68. The van der Waals surface area contributed by atoms with Crippen molar-refractivity contribution in [2.24, 2.45) is 0 Å². The van der Waals surface area contributed by atoms with E-state index in [1.54, 1.807) is 0 Å². The van der Waals surface area contributed by atoms with E-state index in [0.717, 1.165) is 0 Å². The summed E-state index contributed by atoms with van der Waals surface area (Å²) in [5.41, 5.74) is -2.35. The van der Waals surface area contributed by atoms with Crippen LogP contribution in [0.15, 0.2) is 21.9 Å². The van der Waals surface area contributed by atoms with Gasteiger partial charge in [-0.2, -0.15) is 0 Å². The van der Waals surface area contributed by atoms with Gasteiger partial charge in [0.05, 0.1) is 12.7 Å². The largest absolute Gasteiger partial charge is 0.396 e. The maximum Gasteiger partial charge on any atom is 0.330 e. The van der Waals surface area contributed by atoms with Crippen molar-refractivity contribution < 1.29 is 20.1 Å². The van der Waals surface area contributed by atoms with E-state index < -0.39 is 29.2 Å². The number of nitrogens with one attached hydrogen (secondary N) is 1. The van der Waals surface area contributed by atoms with Crippen LogP contribution in [0.4, 0.5) is 0 Å². The summed E-state index contributed by atoms with van der Waals surface area (Å²) in [5, 5.41) is 28.0. The van der Waals surface area contributed by atoms with Crippen LogP contribution in [0, 0.1) is 0 Å². The number of ether oxygens (including phenoxy) is 1. The minimum absolute atomic E-state index is 0.0941. The fourth-order valence-electron chi connectivity index (χ4n) is 2.56. The summed E-state index contributed by atoms with van der Waals surface area (Å²) < 4.78 is 6.85. The maximum absolute atomic E-state index is 11.9. The second-order valence-electron chi connectivity index (χ2n) is 4.86. The van der Waals surface area contributed by atoms with E-state index in [1.807, 2.05) is 0 Å². The molecular formula is C12H18N2O6. The van der Waals surface area contributed by atoms with E-state index in [4.69, 9.17) is 9.84 Å². The van der Waals surface area contributed by atoms with Gasteiger partial charge in [0.1, 0.15) is 6.10 Å². The first kappa shape index (κ1) is 14.9. The Morgan fingerprint density at radius 3 is 2.75 bits per heavy atom. The normalized spacial score (nSPS) is 29.8. The molecule has 4 N–H and O–H groups in total. The summed E-state index contributed by atoms with van der Waals surface area (Å²) in [6.45, 7) is -0.469. The first-order valence-electron chi connectivity index (χ1n) is 6.42. The lowest BCUT2D eigenvalue weighted by Crippen LogP contribution is -2.44. The summed E-state index contributed by atoms with van der Waals surface area (Å²) in [5.74, 6) is 0. The van der Waals surface area contributed by atoms with Crippen LogP contribution >= 0.6 is 0 Å². The number of aliphatic hydroxyl groups excluding tert-OH is 3. The van der Waals surface area contributed by atoms with E-state index in [-0.39, 0.29) is 26.1 Å². The predicted molar refractivity (Wildman–Crippen MR) is 68.2 cm³/mol. The highest BCUT2D eigenvalue weighted by atomic mass is 16.6. The Balaban J connectivity index is 2.42. The SMILES string of the molecule is O=c1ccn([C@@]2(CCCO)C[C@H](O)[C@@H](CO)O2)c(=O)[nH]1. The topological polar surface area (TPSA) is 125 Å². The molecule has 0 aromatic carbocycles. The van der Waals surface area contributed by atoms with Gasteiger partial charge in [0, 0.05) is 25.3 Å². The molecule has 112 valence electrons. The minimum Gasteiger partial charge on any atom is -0.396 e. The number of H-pyrrole nitrogens is 1. The first-order chi connectivity index (χ1) is 9.52. The molecule has 2 heterocycles. The van der Waals surface area contributed by atoms with Crippen LogP contribution in [0.5, 0.6) is 0 Å². The zero-order valence-corrected chi connectivity index (χ0v) is 10.9. The molecule has 1 fully saturated rings. The monoisotopic (exact) mass is 286 g/mol. The van der Waals surface area contributed by atoms with Crippen LogP contribution in [-0.4, -0.2) is 50.3 Å². The van der Waals surface area contributed by atoms with Crippen molar-refractivity contribution in [2.75, 3.05) is 13.2 Å². The van der Waals surface area contributed by atoms with Crippen LogP contribution in [0.2, 0.25) is 0 Å². The number of hydrogen-bond donors (Lipinski definition) is 4. The quantitative estimate of drug-likeness (QED) is 0.501. The highest BCUT2D eigenvalue weighted by molar-refractivity contribution is 4.96. The second-order valence-corrected chi connectivity index (χ2v) is 4.86. The first-order valence-corrected chi connectivity index (χ1v) is 6.42. The third-order valence-electron chi connectivity index (χ3n) is 3.50. The van der Waals surface area contributed by atoms with Gasteiger partial charge in [-0.25, -0.2) is 4.79 Å². The molecule has 8 heteroatoms. The average molecular weight is 286 g/mol. The zero-order chi connectivity index (χ0) is 14.8. The maximum atomic E-state index is 11.9. The van der Waals surface area contributed by atoms with Gasteiger partial charge in [0.25, 0.3) is 5.56 Å². The van der Waals surface area contributed by atoms with E-state index in [0.29, 0.717) is 6.42 Å². The fourth-order valence-corrected chi connectivity index (χ4v) is 2.56. The number of nitrogens with zero attached hydrogens (tertiary/aromatic N) is 1. The van der Waals surface area contributed by atoms with Crippen LogP contribution < -0.4 is 11.2 Å². The molecule has 3 atom stereocenters. The highest BCUT2D eigenvalue weighted by Crippen LogP contribution is 2.37. The molecule has 0 saturated carbocycles. The lowest BCUT2D eigenvalue weighted by molar-refractivity contribution is -0.125. The van der Waals surface area contributed by atoms with Gasteiger partial charge in [-0.15, -0.1) is 0 Å². The van der Waals surface area contributed by atoms with Gasteiger partial charge in [-0.1, -0.05) is 0 Å². The minimum atomic E-state index is -1.17. The fraction of sp³-hybridized carbons (Fsp3) is 0.667. The Bertz CT molecular complexity index is 568. The van der Waals surface area contributed by atoms with Crippen LogP contribution in [0.3, 0.4) is 0 Å². The van der Waals surface area contributed by atoms with Crippen molar-refractivity contribution in [3.8, 4) is 0 Å². The zero-order valence-electron chi connectivity index (χ0n) is 10.9. The van der Waals surface area contributed by atoms with Gasteiger partial charge in [0.2, 0.25) is 0 Å². The van der Waals surface area contributed by atoms with Crippen molar-refractivity contribution in [1.29, 1.82) is 0 Å². The number of hydrogen-bond acceptors (Lipinski definition) is 6. The summed E-state index contributed by atoms with van der Waals surface area (Å²) in [6, 6.07) is 1.18. The van der Waals surface area contributed by atoms with E-state index in [9.17, 15) is 19.8 Å². The molecule has 0 bridgehead atoms. The number of aromatic nitrogens is 2. The van der Waals surface area contributed by atoms with Crippen molar-refractivity contribution in [3.63, 3.8) is 0 Å². The van der Waals surface area contributed by atoms with Gasteiger partial charge >= 0.3 is 5.69 Å². The molecular weight excluding hydrogens is 268 g/mol. The predicted octanol–water partition coefficient (Wildman–Crippen LogP) is -1.90. The van der Waals surface area contributed by atoms with Crippen molar-refractivity contribution in [1.82, 2.24) is 9.55 Å². The lowest BCUT2D eigenvalue weighted by atomic mass is 10.0. The average Bonchev–Trinajstić information content (AvgIpc) is 2.73. The second kappa shape index (κ2) is 5.88. The Kier molecular flexibility index (Phi) is 4.39. The lowest BCUT2D eigenvalue weighted by Gasteiger charge is -2.30. The summed E-state index contributed by atoms with van der Waals surface area (Å²) in [7, 11) is 0. The number of aliphatic hydroxyl groups is 3. The van der Waals surface area contributed by atoms with Crippen LogP contribution in [0.1, 0.15) is 19.3 Å². The molecule has 1 aromatic heterocycles. The molecule has 8 nitrogen and oxygen atoms in total. The highest BCUT2D eigenvalue weighted by Gasteiger charge is 2.47. The molecule has 0 unspecified atom stereocenters. The van der Waals surface area contributed by atoms with Gasteiger partial charge in [0.15, 0.2) is 5.72 Å². The summed E-state index contributed by atoms with van der Waals surface area (Å²) in [6.07, 6.45) is 0.319. The molecule has 1 aliphatic rings. The van der Waals surface area contributed by atoms with E-state index >= 15 is 0 Å². The van der Waals surface area contributed by atoms with E-state index in [1.165, 1.54) is 16.8 Å². The Morgan fingerprint density at radius 2 is 2.20 bits per heavy atom.